The number of thiazole rings is 1. The second kappa shape index (κ2) is 9.24. The van der Waals surface area contributed by atoms with Gasteiger partial charge in [-0.3, -0.25) is 9.52 Å². The van der Waals surface area contributed by atoms with E-state index in [0.29, 0.717) is 9.82 Å². The maximum atomic E-state index is 13.1. The van der Waals surface area contributed by atoms with E-state index in [1.54, 1.807) is 41.0 Å². The molecule has 0 bridgehead atoms. The molecular weight excluding hydrogens is 478 g/mol. The number of rotatable bonds is 5. The van der Waals surface area contributed by atoms with Gasteiger partial charge >= 0.3 is 0 Å². The highest BCUT2D eigenvalue weighted by Crippen LogP contribution is 2.23. The van der Waals surface area contributed by atoms with Gasteiger partial charge in [-0.05, 0) is 49.4 Å². The van der Waals surface area contributed by atoms with Crippen LogP contribution in [0, 0.1) is 19.3 Å². The third-order valence-corrected chi connectivity index (χ3v) is 7.48. The predicted octanol–water partition coefficient (Wildman–Crippen LogP) is 4.84. The second-order valence-electron chi connectivity index (χ2n) is 7.17. The molecule has 1 amide bonds. The molecule has 0 spiro atoms. The van der Waals surface area contributed by atoms with Gasteiger partial charge in [-0.15, -0.1) is 6.42 Å². The summed E-state index contributed by atoms with van der Waals surface area (Å²) in [6.07, 6.45) is 5.51. The van der Waals surface area contributed by atoms with Crippen LogP contribution >= 0.6 is 22.9 Å². The third kappa shape index (κ3) is 4.86. The number of hydrogen-bond donors (Lipinski definition) is 1. The van der Waals surface area contributed by atoms with Crippen molar-refractivity contribution < 1.29 is 13.2 Å². The van der Waals surface area contributed by atoms with Crippen LogP contribution in [0.5, 0.6) is 0 Å². The van der Waals surface area contributed by atoms with Crippen molar-refractivity contribution in [1.29, 1.82) is 0 Å². The number of aromatic nitrogens is 1. The van der Waals surface area contributed by atoms with Crippen LogP contribution in [0.3, 0.4) is 0 Å². The van der Waals surface area contributed by atoms with E-state index in [4.69, 9.17) is 18.0 Å². The monoisotopic (exact) mass is 495 g/mol. The lowest BCUT2D eigenvalue weighted by Crippen LogP contribution is -2.18. The first-order valence-electron chi connectivity index (χ1n) is 9.78. The van der Waals surface area contributed by atoms with Crippen molar-refractivity contribution in [1.82, 2.24) is 4.57 Å². The van der Waals surface area contributed by atoms with Gasteiger partial charge in [-0.1, -0.05) is 58.7 Å². The Hall–Kier alpha value is -3.38. The molecule has 0 radical (unpaired) electrons. The molecule has 0 saturated carbocycles. The Labute approximate surface area is 200 Å². The summed E-state index contributed by atoms with van der Waals surface area (Å²) in [4.78, 5) is 17.9. The minimum Gasteiger partial charge on any atom is -0.305 e. The number of terminal acetylenes is 1. The number of nitrogens with one attached hydrogen (secondary N) is 1. The first-order chi connectivity index (χ1) is 15.8. The molecule has 4 aromatic rings. The number of anilines is 1. The molecule has 0 aliphatic rings. The van der Waals surface area contributed by atoms with Crippen LogP contribution in [0.2, 0.25) is 5.02 Å². The normalized spacial score (nSPS) is 12.0. The summed E-state index contributed by atoms with van der Waals surface area (Å²) in [5.74, 6) is 1.97. The van der Waals surface area contributed by atoms with Gasteiger partial charge < -0.3 is 4.57 Å². The molecule has 6 nitrogen and oxygen atoms in total. The molecule has 0 fully saturated rings. The van der Waals surface area contributed by atoms with E-state index in [-0.39, 0.29) is 22.7 Å². The van der Waals surface area contributed by atoms with Crippen LogP contribution in [-0.4, -0.2) is 18.9 Å². The van der Waals surface area contributed by atoms with Gasteiger partial charge in [0.15, 0.2) is 4.80 Å². The van der Waals surface area contributed by atoms with Crippen molar-refractivity contribution in [3.05, 3.63) is 87.7 Å². The number of sulfonamides is 1. The van der Waals surface area contributed by atoms with Gasteiger partial charge in [-0.2, -0.15) is 4.99 Å². The highest BCUT2D eigenvalue weighted by molar-refractivity contribution is 7.92. The summed E-state index contributed by atoms with van der Waals surface area (Å²) < 4.78 is 30.8. The molecule has 0 unspecified atom stereocenters. The van der Waals surface area contributed by atoms with Crippen molar-refractivity contribution >= 4 is 54.8 Å². The van der Waals surface area contributed by atoms with E-state index < -0.39 is 15.9 Å². The number of benzene rings is 3. The first kappa shape index (κ1) is 22.8. The molecule has 0 atom stereocenters. The smallest absolute Gasteiger partial charge is 0.281 e. The number of aryl methyl sites for hydroxylation is 1. The fraction of sp³-hybridized carbons (Fsp3) is 0.0833. The van der Waals surface area contributed by atoms with Crippen LogP contribution in [0.1, 0.15) is 15.9 Å². The molecular formula is C24H18ClN3O3S2. The number of fused-ring (bicyclic) bond motifs is 1. The number of carbonyl (C=O) groups excluding carboxylic acids is 1. The van der Waals surface area contributed by atoms with Crippen LogP contribution in [0.25, 0.3) is 10.2 Å². The van der Waals surface area contributed by atoms with Crippen molar-refractivity contribution in [2.45, 2.75) is 18.4 Å². The Bertz CT molecular complexity index is 1580. The van der Waals surface area contributed by atoms with Crippen molar-refractivity contribution in [2.75, 3.05) is 4.72 Å². The van der Waals surface area contributed by atoms with E-state index >= 15 is 0 Å². The SMILES string of the molecule is C#CCn1c(=NC(=O)c2ccccc2NS(=O)(=O)c2ccc(C)cc2)sc2cc(Cl)ccc21. The summed E-state index contributed by atoms with van der Waals surface area (Å²) in [6.45, 7) is 2.09. The van der Waals surface area contributed by atoms with Gasteiger partial charge in [0.05, 0.1) is 32.9 Å². The number of para-hydroxylation sites is 1. The van der Waals surface area contributed by atoms with Gasteiger partial charge in [0.2, 0.25) is 0 Å². The Balaban J connectivity index is 1.75. The summed E-state index contributed by atoms with van der Waals surface area (Å²) in [6, 6.07) is 18.1. The summed E-state index contributed by atoms with van der Waals surface area (Å²) in [5.41, 5.74) is 2.01. The zero-order valence-corrected chi connectivity index (χ0v) is 19.8. The van der Waals surface area contributed by atoms with E-state index in [0.717, 1.165) is 15.8 Å². The van der Waals surface area contributed by atoms with E-state index in [1.165, 1.54) is 35.6 Å². The number of carbonyl (C=O) groups is 1. The Morgan fingerprint density at radius 1 is 1.15 bits per heavy atom. The van der Waals surface area contributed by atoms with Crippen LogP contribution in [0.15, 0.2) is 76.6 Å². The predicted molar refractivity (Wildman–Crippen MR) is 132 cm³/mol. The second-order valence-corrected chi connectivity index (χ2v) is 10.3. The standard InChI is InChI=1S/C24H18ClN3O3S2/c1-3-14-28-21-13-10-17(25)15-22(21)32-24(28)26-23(29)19-6-4-5-7-20(19)27-33(30,31)18-11-8-16(2)9-12-18/h1,4-13,15,27H,14H2,2H3. The van der Waals surface area contributed by atoms with Crippen molar-refractivity contribution in [3.8, 4) is 12.3 Å². The van der Waals surface area contributed by atoms with Crippen LogP contribution in [-0.2, 0) is 16.6 Å². The molecule has 1 N–H and O–H groups in total. The fourth-order valence-corrected chi connectivity index (χ4v) is 5.59. The lowest BCUT2D eigenvalue weighted by atomic mass is 10.2. The Morgan fingerprint density at radius 2 is 1.88 bits per heavy atom. The number of halogens is 1. The highest BCUT2D eigenvalue weighted by Gasteiger charge is 2.19. The number of hydrogen-bond acceptors (Lipinski definition) is 4. The van der Waals surface area contributed by atoms with Crippen molar-refractivity contribution in [2.24, 2.45) is 4.99 Å². The minimum atomic E-state index is -3.89. The maximum Gasteiger partial charge on any atom is 0.281 e. The largest absolute Gasteiger partial charge is 0.305 e. The quantitative estimate of drug-likeness (QED) is 0.402. The summed E-state index contributed by atoms with van der Waals surface area (Å²) >= 11 is 7.37. The molecule has 0 aliphatic heterocycles. The lowest BCUT2D eigenvalue weighted by Gasteiger charge is -2.11. The molecule has 1 aromatic heterocycles. The van der Waals surface area contributed by atoms with E-state index in [2.05, 4.69) is 15.6 Å². The number of nitrogens with zero attached hydrogens (tertiary/aromatic N) is 2. The molecule has 33 heavy (non-hydrogen) atoms. The molecule has 1 heterocycles. The van der Waals surface area contributed by atoms with Gasteiger partial charge in [-0.25, -0.2) is 8.42 Å². The minimum absolute atomic E-state index is 0.0977. The fourth-order valence-electron chi connectivity index (χ4n) is 3.20. The zero-order valence-electron chi connectivity index (χ0n) is 17.4. The number of amides is 1. The van der Waals surface area contributed by atoms with Crippen LogP contribution < -0.4 is 9.52 Å². The summed E-state index contributed by atoms with van der Waals surface area (Å²) in [7, 11) is -3.89. The molecule has 4 rings (SSSR count). The average molecular weight is 496 g/mol. The molecule has 0 saturated heterocycles. The highest BCUT2D eigenvalue weighted by atomic mass is 35.5. The van der Waals surface area contributed by atoms with E-state index in [9.17, 15) is 13.2 Å². The first-order valence-corrected chi connectivity index (χ1v) is 12.5. The van der Waals surface area contributed by atoms with Gasteiger partial charge in [0, 0.05) is 5.02 Å². The molecule has 9 heteroatoms. The molecule has 0 aliphatic carbocycles. The van der Waals surface area contributed by atoms with E-state index in [1.807, 2.05) is 13.0 Å². The molecule has 166 valence electrons. The topological polar surface area (TPSA) is 80.5 Å². The lowest BCUT2D eigenvalue weighted by molar-refractivity contribution is 0.0998. The Morgan fingerprint density at radius 3 is 2.61 bits per heavy atom. The zero-order chi connectivity index (χ0) is 23.6. The maximum absolute atomic E-state index is 13.1. The van der Waals surface area contributed by atoms with Gasteiger partial charge in [0.25, 0.3) is 15.9 Å². The Kier molecular flexibility index (Phi) is 6.38. The van der Waals surface area contributed by atoms with Crippen molar-refractivity contribution in [3.63, 3.8) is 0 Å². The average Bonchev–Trinajstić information content (AvgIpc) is 3.10. The van der Waals surface area contributed by atoms with Crippen LogP contribution in [0.4, 0.5) is 5.69 Å². The summed E-state index contributed by atoms with van der Waals surface area (Å²) in [5, 5.41) is 0.561. The third-order valence-electron chi connectivity index (χ3n) is 4.82. The van der Waals surface area contributed by atoms with Gasteiger partial charge in [0.1, 0.15) is 0 Å². The molecule has 3 aromatic carbocycles.